The summed E-state index contributed by atoms with van der Waals surface area (Å²) < 4.78 is 0. The lowest BCUT2D eigenvalue weighted by atomic mass is 9.53. The first-order chi connectivity index (χ1) is 22.8. The molecular weight excluding hydrogens is 555 g/mol. The first-order valence-corrected chi connectivity index (χ1v) is 16.1. The highest BCUT2D eigenvalue weighted by Crippen LogP contribution is 2.63. The molecule has 0 amide bonds. The van der Waals surface area contributed by atoms with Gasteiger partial charge in [0.15, 0.2) is 0 Å². The van der Waals surface area contributed by atoms with Crippen molar-refractivity contribution >= 4 is 21.8 Å². The molecule has 0 saturated carbocycles. The van der Waals surface area contributed by atoms with E-state index in [0.717, 1.165) is 11.0 Å². The van der Waals surface area contributed by atoms with Gasteiger partial charge < -0.3 is 0 Å². The first-order valence-electron chi connectivity index (χ1n) is 16.1. The van der Waals surface area contributed by atoms with Crippen LogP contribution < -0.4 is 0 Å². The number of nitrogens with zero attached hydrogens (tertiary/aromatic N) is 1. The molecule has 0 unspecified atom stereocenters. The summed E-state index contributed by atoms with van der Waals surface area (Å²) in [4.78, 5) is 5.45. The number of pyridine rings is 1. The van der Waals surface area contributed by atoms with Crippen LogP contribution in [-0.4, -0.2) is 4.98 Å². The third-order valence-electron chi connectivity index (χ3n) is 10.6. The van der Waals surface area contributed by atoms with E-state index in [1.807, 2.05) is 0 Å². The Bertz CT molecular complexity index is 2200. The van der Waals surface area contributed by atoms with E-state index in [1.54, 1.807) is 0 Å². The first kappa shape index (κ1) is 25.5. The molecule has 0 radical (unpaired) electrons. The zero-order valence-corrected chi connectivity index (χ0v) is 25.2. The van der Waals surface area contributed by atoms with Crippen molar-refractivity contribution in [3.8, 4) is 11.1 Å². The number of rotatable bonds is 4. The van der Waals surface area contributed by atoms with Gasteiger partial charge in [-0.3, -0.25) is 0 Å². The Morgan fingerprint density at radius 3 is 0.978 bits per heavy atom. The molecule has 46 heavy (non-hydrogen) atoms. The van der Waals surface area contributed by atoms with E-state index < -0.39 is 10.8 Å². The lowest BCUT2D eigenvalue weighted by Crippen LogP contribution is -2.39. The molecule has 10 rings (SSSR count). The van der Waals surface area contributed by atoms with Crippen LogP contribution in [-0.2, 0) is 10.8 Å². The minimum Gasteiger partial charge on any atom is -0.248 e. The minimum absolute atomic E-state index is 0.541. The van der Waals surface area contributed by atoms with Crippen molar-refractivity contribution in [3.63, 3.8) is 0 Å². The van der Waals surface area contributed by atoms with E-state index in [0.29, 0.717) is 0 Å². The normalized spacial score (nSPS) is 14.9. The second-order valence-corrected chi connectivity index (χ2v) is 12.6. The summed E-state index contributed by atoms with van der Waals surface area (Å²) in [6.45, 7) is 0. The van der Waals surface area contributed by atoms with Crippen LogP contribution in [0.1, 0.15) is 44.5 Å². The van der Waals surface area contributed by atoms with E-state index in [-0.39, 0.29) is 0 Å². The third kappa shape index (κ3) is 3.03. The van der Waals surface area contributed by atoms with Crippen LogP contribution in [0.2, 0.25) is 0 Å². The van der Waals surface area contributed by atoms with E-state index >= 15 is 0 Å². The molecule has 0 aliphatic heterocycles. The van der Waals surface area contributed by atoms with Crippen molar-refractivity contribution in [1.82, 2.24) is 4.98 Å². The summed E-state index contributed by atoms with van der Waals surface area (Å²) in [6.07, 6.45) is 0. The molecule has 0 saturated heterocycles. The molecule has 1 nitrogen and oxygen atoms in total. The fraction of sp³-hybridized carbons (Fsp3) is 0.0444. The average molecular weight is 584 g/mol. The summed E-state index contributed by atoms with van der Waals surface area (Å²) >= 11 is 0. The Labute approximate surface area is 268 Å². The Hall–Kier alpha value is -5.79. The van der Waals surface area contributed by atoms with Crippen molar-refractivity contribution in [2.45, 2.75) is 10.8 Å². The second kappa shape index (κ2) is 9.36. The maximum atomic E-state index is 5.45. The molecule has 7 aromatic carbocycles. The van der Waals surface area contributed by atoms with Gasteiger partial charge in [0.2, 0.25) is 0 Å². The van der Waals surface area contributed by atoms with Gasteiger partial charge in [-0.2, -0.15) is 0 Å². The van der Waals surface area contributed by atoms with Crippen LogP contribution in [0.3, 0.4) is 0 Å². The van der Waals surface area contributed by atoms with Gasteiger partial charge in [-0.15, -0.1) is 0 Å². The average Bonchev–Trinajstić information content (AvgIpc) is 3.14. The standard InChI is InChI=1S/C45H29N/c1-5-16-30(17-6-1)44(31-18-7-2-8-19-31)34-24-13-25-35-40(34)43-41-36(44)26-14-28-38(41)46-39-29-15-27-37(42(39)43)45(35,32-20-9-3-10-21-32)33-22-11-4-12-23-33/h1-29H. The quantitative estimate of drug-likeness (QED) is 0.188. The molecule has 0 spiro atoms. The van der Waals surface area contributed by atoms with Gasteiger partial charge in [0.1, 0.15) is 0 Å². The maximum Gasteiger partial charge on any atom is 0.0719 e. The maximum absolute atomic E-state index is 5.45. The highest BCUT2D eigenvalue weighted by atomic mass is 14.7. The number of aromatic nitrogens is 1. The summed E-state index contributed by atoms with van der Waals surface area (Å²) in [7, 11) is 0. The molecule has 1 heteroatoms. The Morgan fingerprint density at radius 1 is 0.283 bits per heavy atom. The summed E-state index contributed by atoms with van der Waals surface area (Å²) in [5.41, 5.74) is 13.9. The zero-order valence-electron chi connectivity index (χ0n) is 25.2. The van der Waals surface area contributed by atoms with Crippen LogP contribution in [0.5, 0.6) is 0 Å². The predicted octanol–water partition coefficient (Wildman–Crippen LogP) is 10.4. The van der Waals surface area contributed by atoms with Gasteiger partial charge in [0.05, 0.1) is 21.9 Å². The molecule has 2 aliphatic rings. The Morgan fingerprint density at radius 2 is 0.609 bits per heavy atom. The van der Waals surface area contributed by atoms with Gasteiger partial charge in [-0.25, -0.2) is 4.98 Å². The molecule has 2 aliphatic carbocycles. The van der Waals surface area contributed by atoms with Crippen LogP contribution in [0.15, 0.2) is 176 Å². The summed E-state index contributed by atoms with van der Waals surface area (Å²) in [5.74, 6) is 0. The topological polar surface area (TPSA) is 12.9 Å². The highest BCUT2D eigenvalue weighted by Gasteiger charge is 2.51. The highest BCUT2D eigenvalue weighted by molar-refractivity contribution is 6.18. The van der Waals surface area contributed by atoms with Gasteiger partial charge in [0, 0.05) is 16.3 Å². The minimum atomic E-state index is -0.541. The predicted molar refractivity (Wildman–Crippen MR) is 188 cm³/mol. The second-order valence-electron chi connectivity index (χ2n) is 12.6. The lowest BCUT2D eigenvalue weighted by molar-refractivity contribution is 0.719. The van der Waals surface area contributed by atoms with Gasteiger partial charge >= 0.3 is 0 Å². The Balaban J connectivity index is 1.53. The molecule has 0 N–H and O–H groups in total. The molecule has 8 aromatic rings. The van der Waals surface area contributed by atoms with Crippen LogP contribution in [0, 0.1) is 0 Å². The fourth-order valence-electron chi connectivity index (χ4n) is 8.99. The Kier molecular flexibility index (Phi) is 5.19. The fourth-order valence-corrected chi connectivity index (χ4v) is 8.99. The molecule has 1 aromatic heterocycles. The van der Waals surface area contributed by atoms with Crippen molar-refractivity contribution < 1.29 is 0 Å². The van der Waals surface area contributed by atoms with Gasteiger partial charge in [-0.05, 0) is 62.2 Å². The lowest BCUT2D eigenvalue weighted by Gasteiger charge is -2.48. The molecule has 0 atom stereocenters. The number of hydrogen-bond donors (Lipinski definition) is 0. The summed E-state index contributed by atoms with van der Waals surface area (Å²) in [6, 6.07) is 65.0. The van der Waals surface area contributed by atoms with Crippen molar-refractivity contribution in [3.05, 3.63) is 220 Å². The largest absolute Gasteiger partial charge is 0.248 e. The summed E-state index contributed by atoms with van der Waals surface area (Å²) in [5, 5.41) is 2.51. The monoisotopic (exact) mass is 583 g/mol. The molecule has 214 valence electrons. The molecule has 0 fully saturated rings. The van der Waals surface area contributed by atoms with Gasteiger partial charge in [-0.1, -0.05) is 164 Å². The van der Waals surface area contributed by atoms with Crippen molar-refractivity contribution in [2.75, 3.05) is 0 Å². The molecular formula is C45H29N. The van der Waals surface area contributed by atoms with Gasteiger partial charge in [0.25, 0.3) is 0 Å². The van der Waals surface area contributed by atoms with E-state index in [2.05, 4.69) is 176 Å². The number of benzene rings is 7. The smallest absolute Gasteiger partial charge is 0.0719 e. The van der Waals surface area contributed by atoms with E-state index in [9.17, 15) is 0 Å². The van der Waals surface area contributed by atoms with Crippen LogP contribution in [0.25, 0.3) is 32.9 Å². The third-order valence-corrected chi connectivity index (χ3v) is 10.6. The molecule has 0 bridgehead atoms. The zero-order chi connectivity index (χ0) is 30.3. The van der Waals surface area contributed by atoms with Crippen molar-refractivity contribution in [1.29, 1.82) is 0 Å². The number of hydrogen-bond acceptors (Lipinski definition) is 1. The van der Waals surface area contributed by atoms with Crippen LogP contribution in [0.4, 0.5) is 0 Å². The SMILES string of the molecule is c1ccc(C2(c3ccccc3)c3cccc4c3-c3c5c2cccc5nc2cccc(c32)C4(c2ccccc2)c2ccccc2)cc1. The molecule has 1 heterocycles. The van der Waals surface area contributed by atoms with E-state index in [4.69, 9.17) is 4.98 Å². The van der Waals surface area contributed by atoms with E-state index in [1.165, 1.54) is 66.4 Å². The van der Waals surface area contributed by atoms with Crippen LogP contribution >= 0.6 is 0 Å². The van der Waals surface area contributed by atoms with Crippen molar-refractivity contribution in [2.24, 2.45) is 0 Å².